The van der Waals surface area contributed by atoms with E-state index in [0.29, 0.717) is 10.7 Å². The Labute approximate surface area is 188 Å². The van der Waals surface area contributed by atoms with Gasteiger partial charge in [-0.15, -0.1) is 0 Å². The first-order valence-electron chi connectivity index (χ1n) is 9.88. The van der Waals surface area contributed by atoms with Crippen molar-refractivity contribution in [3.05, 3.63) is 94.5 Å². The van der Waals surface area contributed by atoms with Gasteiger partial charge in [0.25, 0.3) is 10.0 Å². The zero-order chi connectivity index (χ0) is 22.6. The average Bonchev–Trinajstić information content (AvgIpc) is 2.72. The van der Waals surface area contributed by atoms with E-state index in [4.69, 9.17) is 11.6 Å². The number of aryl methyl sites for hydroxylation is 2. The monoisotopic (exact) mass is 456 g/mol. The van der Waals surface area contributed by atoms with Crippen molar-refractivity contribution < 1.29 is 13.2 Å². The van der Waals surface area contributed by atoms with Crippen LogP contribution in [0.2, 0.25) is 5.02 Å². The van der Waals surface area contributed by atoms with Crippen LogP contribution in [0.15, 0.2) is 77.7 Å². The molecule has 0 saturated carbocycles. The Morgan fingerprint density at radius 3 is 2.23 bits per heavy atom. The minimum atomic E-state index is -3.97. The molecule has 0 aliphatic heterocycles. The Hall–Kier alpha value is -2.83. The Morgan fingerprint density at radius 1 is 0.968 bits per heavy atom. The van der Waals surface area contributed by atoms with Crippen LogP contribution in [0, 0.1) is 13.8 Å². The van der Waals surface area contributed by atoms with Crippen molar-refractivity contribution in [1.82, 2.24) is 5.32 Å². The molecule has 31 heavy (non-hydrogen) atoms. The van der Waals surface area contributed by atoms with Gasteiger partial charge in [-0.25, -0.2) is 8.42 Å². The number of anilines is 1. The van der Waals surface area contributed by atoms with Gasteiger partial charge in [0.05, 0.1) is 16.6 Å². The molecule has 0 bridgehead atoms. The zero-order valence-corrected chi connectivity index (χ0v) is 19.2. The lowest BCUT2D eigenvalue weighted by Gasteiger charge is -2.25. The Kier molecular flexibility index (Phi) is 7.03. The van der Waals surface area contributed by atoms with Crippen molar-refractivity contribution in [3.63, 3.8) is 0 Å². The number of amides is 1. The van der Waals surface area contributed by atoms with Crippen LogP contribution < -0.4 is 9.62 Å². The smallest absolute Gasteiger partial charge is 0.264 e. The van der Waals surface area contributed by atoms with Gasteiger partial charge in [0, 0.05) is 5.02 Å². The van der Waals surface area contributed by atoms with Gasteiger partial charge in [-0.1, -0.05) is 53.6 Å². The zero-order valence-electron chi connectivity index (χ0n) is 17.7. The average molecular weight is 457 g/mol. The highest BCUT2D eigenvalue weighted by Crippen LogP contribution is 2.25. The van der Waals surface area contributed by atoms with E-state index < -0.39 is 15.9 Å². The summed E-state index contributed by atoms with van der Waals surface area (Å²) in [5, 5.41) is 3.33. The van der Waals surface area contributed by atoms with E-state index in [1.54, 1.807) is 18.2 Å². The van der Waals surface area contributed by atoms with Gasteiger partial charge in [0.15, 0.2) is 0 Å². The number of sulfonamides is 1. The number of benzene rings is 3. The maximum atomic E-state index is 13.4. The fraction of sp³-hybridized carbons (Fsp3) is 0.208. The highest BCUT2D eigenvalue weighted by molar-refractivity contribution is 7.92. The summed E-state index contributed by atoms with van der Waals surface area (Å²) in [6, 6.07) is 20.5. The van der Waals surface area contributed by atoms with Crippen molar-refractivity contribution in [1.29, 1.82) is 0 Å². The van der Waals surface area contributed by atoms with Gasteiger partial charge in [0.1, 0.15) is 6.54 Å². The van der Waals surface area contributed by atoms with Crippen LogP contribution in [-0.2, 0) is 14.8 Å². The molecule has 1 unspecified atom stereocenters. The molecule has 0 heterocycles. The molecule has 0 saturated heterocycles. The molecule has 162 valence electrons. The summed E-state index contributed by atoms with van der Waals surface area (Å²) in [5.41, 5.74) is 3.39. The number of hydrogen-bond acceptors (Lipinski definition) is 3. The SMILES string of the molecule is Cc1ccc(C(C)NC(=O)CN(c2cccc(C)c2)S(=O)(=O)c2ccc(Cl)cc2)cc1. The minimum Gasteiger partial charge on any atom is -0.348 e. The molecule has 0 fully saturated rings. The number of hydrogen-bond donors (Lipinski definition) is 1. The largest absolute Gasteiger partial charge is 0.348 e. The maximum absolute atomic E-state index is 13.4. The van der Waals surface area contributed by atoms with Gasteiger partial charge in [-0.3, -0.25) is 9.10 Å². The van der Waals surface area contributed by atoms with Crippen LogP contribution in [0.25, 0.3) is 0 Å². The number of halogens is 1. The van der Waals surface area contributed by atoms with Gasteiger partial charge in [-0.05, 0) is 68.3 Å². The van der Waals surface area contributed by atoms with E-state index in [0.717, 1.165) is 21.0 Å². The maximum Gasteiger partial charge on any atom is 0.264 e. The molecule has 0 aliphatic carbocycles. The Balaban J connectivity index is 1.89. The summed E-state index contributed by atoms with van der Waals surface area (Å²) in [6.45, 7) is 5.39. The second-order valence-corrected chi connectivity index (χ2v) is 9.80. The van der Waals surface area contributed by atoms with Crippen molar-refractivity contribution in [2.24, 2.45) is 0 Å². The van der Waals surface area contributed by atoms with E-state index in [-0.39, 0.29) is 17.5 Å². The number of carbonyl (C=O) groups is 1. The molecule has 0 aliphatic rings. The van der Waals surface area contributed by atoms with E-state index >= 15 is 0 Å². The predicted octanol–water partition coefficient (Wildman–Crippen LogP) is 5.03. The molecule has 7 heteroatoms. The van der Waals surface area contributed by atoms with E-state index in [9.17, 15) is 13.2 Å². The molecule has 0 radical (unpaired) electrons. The van der Waals surface area contributed by atoms with Crippen molar-refractivity contribution >= 4 is 33.2 Å². The van der Waals surface area contributed by atoms with E-state index in [1.165, 1.54) is 24.3 Å². The molecule has 1 atom stereocenters. The second kappa shape index (κ2) is 9.54. The third kappa shape index (κ3) is 5.66. The molecule has 0 aromatic heterocycles. The second-order valence-electron chi connectivity index (χ2n) is 7.50. The van der Waals surface area contributed by atoms with Crippen LogP contribution in [0.4, 0.5) is 5.69 Å². The van der Waals surface area contributed by atoms with Gasteiger partial charge < -0.3 is 5.32 Å². The highest BCUT2D eigenvalue weighted by atomic mass is 35.5. The quantitative estimate of drug-likeness (QED) is 0.542. The lowest BCUT2D eigenvalue weighted by Crippen LogP contribution is -2.41. The highest BCUT2D eigenvalue weighted by Gasteiger charge is 2.27. The third-order valence-electron chi connectivity index (χ3n) is 4.93. The summed E-state index contributed by atoms with van der Waals surface area (Å²) in [7, 11) is -3.97. The first-order valence-corrected chi connectivity index (χ1v) is 11.7. The topological polar surface area (TPSA) is 66.5 Å². The van der Waals surface area contributed by atoms with Gasteiger partial charge in [-0.2, -0.15) is 0 Å². The molecular formula is C24H25ClN2O3S. The summed E-state index contributed by atoms with van der Waals surface area (Å²) in [5.74, 6) is -0.396. The van der Waals surface area contributed by atoms with Crippen LogP contribution in [0.1, 0.15) is 29.7 Å². The van der Waals surface area contributed by atoms with Gasteiger partial charge >= 0.3 is 0 Å². The summed E-state index contributed by atoms with van der Waals surface area (Å²) < 4.78 is 27.9. The Bertz CT molecular complexity index is 1160. The van der Waals surface area contributed by atoms with Crippen molar-refractivity contribution in [2.45, 2.75) is 31.7 Å². The first kappa shape index (κ1) is 22.8. The molecule has 3 aromatic rings. The lowest BCUT2D eigenvalue weighted by atomic mass is 10.1. The number of rotatable bonds is 7. The number of nitrogens with one attached hydrogen (secondary N) is 1. The van der Waals surface area contributed by atoms with Crippen LogP contribution in [0.5, 0.6) is 0 Å². The molecule has 0 spiro atoms. The fourth-order valence-electron chi connectivity index (χ4n) is 3.19. The molecular weight excluding hydrogens is 432 g/mol. The third-order valence-corrected chi connectivity index (χ3v) is 6.97. The summed E-state index contributed by atoms with van der Waals surface area (Å²) in [6.07, 6.45) is 0. The first-order chi connectivity index (χ1) is 14.7. The molecule has 3 rings (SSSR count). The summed E-state index contributed by atoms with van der Waals surface area (Å²) in [4.78, 5) is 12.9. The van der Waals surface area contributed by atoms with Crippen LogP contribution in [-0.4, -0.2) is 20.9 Å². The lowest BCUT2D eigenvalue weighted by molar-refractivity contribution is -0.120. The summed E-state index contributed by atoms with van der Waals surface area (Å²) >= 11 is 5.92. The standard InChI is InChI=1S/C24H25ClN2O3S/c1-17-7-9-20(10-8-17)19(3)26-24(28)16-27(22-6-4-5-18(2)15-22)31(29,30)23-13-11-21(25)12-14-23/h4-15,19H,16H2,1-3H3,(H,26,28). The van der Waals surface area contributed by atoms with E-state index in [1.807, 2.05) is 51.1 Å². The fourth-order valence-corrected chi connectivity index (χ4v) is 4.73. The number of carbonyl (C=O) groups excluding carboxylic acids is 1. The molecule has 1 N–H and O–H groups in total. The number of nitrogens with zero attached hydrogens (tertiary/aromatic N) is 1. The minimum absolute atomic E-state index is 0.0674. The van der Waals surface area contributed by atoms with Crippen molar-refractivity contribution in [3.8, 4) is 0 Å². The van der Waals surface area contributed by atoms with E-state index in [2.05, 4.69) is 5.32 Å². The normalized spacial score (nSPS) is 12.3. The molecule has 3 aromatic carbocycles. The van der Waals surface area contributed by atoms with Gasteiger partial charge in [0.2, 0.25) is 5.91 Å². The molecule has 5 nitrogen and oxygen atoms in total. The van der Waals surface area contributed by atoms with Crippen molar-refractivity contribution in [2.75, 3.05) is 10.8 Å². The van der Waals surface area contributed by atoms with Crippen LogP contribution in [0.3, 0.4) is 0 Å². The predicted molar refractivity (Wildman–Crippen MR) is 125 cm³/mol. The Morgan fingerprint density at radius 2 is 1.61 bits per heavy atom. The molecule has 1 amide bonds. The van der Waals surface area contributed by atoms with Crippen LogP contribution >= 0.6 is 11.6 Å².